The molecule has 1 fully saturated rings. The topological polar surface area (TPSA) is 33.2 Å². The van der Waals surface area contributed by atoms with Gasteiger partial charge in [0.2, 0.25) is 0 Å². The molecule has 0 atom stereocenters. The van der Waals surface area contributed by atoms with Crippen LogP contribution in [-0.4, -0.2) is 21.8 Å². The van der Waals surface area contributed by atoms with Crippen LogP contribution in [0.4, 0.5) is 0 Å². The van der Waals surface area contributed by atoms with Gasteiger partial charge in [0.05, 0.1) is 5.56 Å². The molecule has 20 heavy (non-hydrogen) atoms. The van der Waals surface area contributed by atoms with E-state index in [-0.39, 0.29) is 5.91 Å². The van der Waals surface area contributed by atoms with Crippen molar-refractivity contribution in [3.05, 3.63) is 64.4 Å². The lowest BCUT2D eigenvalue weighted by molar-refractivity contribution is 0.0728. The quantitative estimate of drug-likeness (QED) is 0.801. The Morgan fingerprint density at radius 3 is 2.60 bits per heavy atom. The lowest BCUT2D eigenvalue weighted by Gasteiger charge is -2.23. The van der Waals surface area contributed by atoms with Gasteiger partial charge < -0.3 is 4.90 Å². The molecular formula is C16H15BrN2O. The fourth-order valence-corrected chi connectivity index (χ4v) is 2.65. The lowest BCUT2D eigenvalue weighted by Crippen LogP contribution is -2.32. The van der Waals surface area contributed by atoms with E-state index in [1.54, 1.807) is 12.3 Å². The number of benzene rings is 1. The zero-order valence-corrected chi connectivity index (χ0v) is 12.6. The third kappa shape index (κ3) is 2.90. The summed E-state index contributed by atoms with van der Waals surface area (Å²) in [6, 6.07) is 14.1. The Bertz CT molecular complexity index is 611. The van der Waals surface area contributed by atoms with Crippen LogP contribution in [0, 0.1) is 0 Å². The number of hydrogen-bond acceptors (Lipinski definition) is 2. The predicted molar refractivity (Wildman–Crippen MR) is 81.3 cm³/mol. The number of nitrogens with zero attached hydrogens (tertiary/aromatic N) is 2. The van der Waals surface area contributed by atoms with Crippen molar-refractivity contribution < 1.29 is 4.79 Å². The molecule has 1 aliphatic carbocycles. The first-order valence-electron chi connectivity index (χ1n) is 6.71. The molecule has 0 aliphatic heterocycles. The maximum atomic E-state index is 12.7. The number of aromatic nitrogens is 1. The van der Waals surface area contributed by atoms with Gasteiger partial charge in [-0.1, -0.05) is 30.3 Å². The van der Waals surface area contributed by atoms with Gasteiger partial charge >= 0.3 is 0 Å². The van der Waals surface area contributed by atoms with Crippen LogP contribution in [0.3, 0.4) is 0 Å². The maximum Gasteiger partial charge on any atom is 0.257 e. The van der Waals surface area contributed by atoms with Crippen molar-refractivity contribution in [2.24, 2.45) is 0 Å². The Morgan fingerprint density at radius 2 is 1.95 bits per heavy atom. The van der Waals surface area contributed by atoms with Gasteiger partial charge in [0.1, 0.15) is 4.60 Å². The standard InChI is InChI=1S/C16H15BrN2O/c17-15-14(7-4-10-18-15)16(20)19(13-8-9-13)11-12-5-2-1-3-6-12/h1-7,10,13H,8-9,11H2. The van der Waals surface area contributed by atoms with Crippen LogP contribution in [0.1, 0.15) is 28.8 Å². The van der Waals surface area contributed by atoms with Crippen molar-refractivity contribution in [3.8, 4) is 0 Å². The van der Waals surface area contributed by atoms with Gasteiger partial charge in [0.25, 0.3) is 5.91 Å². The summed E-state index contributed by atoms with van der Waals surface area (Å²) < 4.78 is 0.615. The Balaban J connectivity index is 1.84. The highest BCUT2D eigenvalue weighted by Crippen LogP contribution is 2.30. The van der Waals surface area contributed by atoms with Gasteiger partial charge in [-0.05, 0) is 46.5 Å². The van der Waals surface area contributed by atoms with Crippen LogP contribution < -0.4 is 0 Å². The summed E-state index contributed by atoms with van der Waals surface area (Å²) >= 11 is 3.36. The van der Waals surface area contributed by atoms with Gasteiger partial charge in [-0.25, -0.2) is 4.98 Å². The SMILES string of the molecule is O=C(c1cccnc1Br)N(Cc1ccccc1)C1CC1. The van der Waals surface area contributed by atoms with Crippen LogP contribution in [-0.2, 0) is 6.54 Å². The van der Waals surface area contributed by atoms with Crippen molar-refractivity contribution in [3.63, 3.8) is 0 Å². The van der Waals surface area contributed by atoms with Crippen LogP contribution in [0.5, 0.6) is 0 Å². The summed E-state index contributed by atoms with van der Waals surface area (Å²) in [5.41, 5.74) is 1.79. The molecule has 4 heteroatoms. The average Bonchev–Trinajstić information content (AvgIpc) is 3.30. The highest BCUT2D eigenvalue weighted by atomic mass is 79.9. The summed E-state index contributed by atoms with van der Waals surface area (Å²) in [5, 5.41) is 0. The molecule has 0 saturated heterocycles. The minimum atomic E-state index is 0.0522. The normalized spacial score (nSPS) is 14.1. The third-order valence-electron chi connectivity index (χ3n) is 3.43. The van der Waals surface area contributed by atoms with Crippen LogP contribution >= 0.6 is 15.9 Å². The minimum absolute atomic E-state index is 0.0522. The number of pyridine rings is 1. The molecule has 2 aromatic rings. The first-order valence-corrected chi connectivity index (χ1v) is 7.50. The summed E-state index contributed by atoms with van der Waals surface area (Å²) in [6.45, 7) is 0.658. The van der Waals surface area contributed by atoms with Gasteiger partial charge in [0.15, 0.2) is 0 Å². The molecule has 1 heterocycles. The maximum absolute atomic E-state index is 12.7. The molecule has 1 amide bonds. The number of carbonyl (C=O) groups is 1. The Kier molecular flexibility index (Phi) is 3.83. The van der Waals surface area contributed by atoms with E-state index in [1.165, 1.54) is 0 Å². The lowest BCUT2D eigenvalue weighted by atomic mass is 10.2. The number of hydrogen-bond donors (Lipinski definition) is 0. The zero-order chi connectivity index (χ0) is 13.9. The first kappa shape index (κ1) is 13.3. The number of amides is 1. The van der Waals surface area contributed by atoms with Crippen molar-refractivity contribution in [1.29, 1.82) is 0 Å². The average molecular weight is 331 g/mol. The Morgan fingerprint density at radius 1 is 1.20 bits per heavy atom. The van der Waals surface area contributed by atoms with Gasteiger partial charge in [-0.3, -0.25) is 4.79 Å². The molecule has 1 aliphatic rings. The largest absolute Gasteiger partial charge is 0.331 e. The molecule has 1 aromatic carbocycles. The monoisotopic (exact) mass is 330 g/mol. The molecule has 0 N–H and O–H groups in total. The fraction of sp³-hybridized carbons (Fsp3) is 0.250. The van der Waals surface area contributed by atoms with E-state index >= 15 is 0 Å². The zero-order valence-electron chi connectivity index (χ0n) is 11.0. The first-order chi connectivity index (χ1) is 9.75. The van der Waals surface area contributed by atoms with E-state index in [1.807, 2.05) is 29.2 Å². The second-order valence-corrected chi connectivity index (χ2v) is 5.74. The van der Waals surface area contributed by atoms with Crippen molar-refractivity contribution in [2.75, 3.05) is 0 Å². The number of carbonyl (C=O) groups excluding carboxylic acids is 1. The van der Waals surface area contributed by atoms with Crippen molar-refractivity contribution in [2.45, 2.75) is 25.4 Å². The number of halogens is 1. The van der Waals surface area contributed by atoms with E-state index < -0.39 is 0 Å². The van der Waals surface area contributed by atoms with E-state index in [2.05, 4.69) is 33.0 Å². The van der Waals surface area contributed by atoms with E-state index in [0.717, 1.165) is 18.4 Å². The highest BCUT2D eigenvalue weighted by Gasteiger charge is 2.33. The molecule has 1 saturated carbocycles. The van der Waals surface area contributed by atoms with Gasteiger partial charge in [-0.2, -0.15) is 0 Å². The van der Waals surface area contributed by atoms with E-state index in [9.17, 15) is 4.79 Å². The molecule has 1 aromatic heterocycles. The van der Waals surface area contributed by atoms with Crippen molar-refractivity contribution in [1.82, 2.24) is 9.88 Å². The fourth-order valence-electron chi connectivity index (χ4n) is 2.23. The van der Waals surface area contributed by atoms with Crippen LogP contribution in [0.15, 0.2) is 53.3 Å². The third-order valence-corrected chi connectivity index (χ3v) is 4.07. The van der Waals surface area contributed by atoms with E-state index in [0.29, 0.717) is 22.8 Å². The van der Waals surface area contributed by atoms with Crippen LogP contribution in [0.25, 0.3) is 0 Å². The van der Waals surface area contributed by atoms with Crippen molar-refractivity contribution >= 4 is 21.8 Å². The van der Waals surface area contributed by atoms with Gasteiger partial charge in [-0.15, -0.1) is 0 Å². The van der Waals surface area contributed by atoms with E-state index in [4.69, 9.17) is 0 Å². The van der Waals surface area contributed by atoms with Gasteiger partial charge in [0, 0.05) is 18.8 Å². The molecule has 3 nitrogen and oxygen atoms in total. The molecule has 0 spiro atoms. The summed E-state index contributed by atoms with van der Waals surface area (Å²) in [6.07, 6.45) is 3.87. The summed E-state index contributed by atoms with van der Waals surface area (Å²) in [4.78, 5) is 18.8. The highest BCUT2D eigenvalue weighted by molar-refractivity contribution is 9.10. The minimum Gasteiger partial charge on any atom is -0.331 e. The summed E-state index contributed by atoms with van der Waals surface area (Å²) in [7, 11) is 0. The predicted octanol–water partition coefficient (Wildman–Crippen LogP) is 3.65. The molecule has 102 valence electrons. The molecule has 0 radical (unpaired) electrons. The summed E-state index contributed by atoms with van der Waals surface area (Å²) in [5.74, 6) is 0.0522. The molecule has 0 bridgehead atoms. The second-order valence-electron chi connectivity index (χ2n) is 4.99. The molecule has 0 unspecified atom stereocenters. The second kappa shape index (κ2) is 5.75. The Hall–Kier alpha value is -1.68. The molecular weight excluding hydrogens is 316 g/mol. The smallest absolute Gasteiger partial charge is 0.257 e. The molecule has 3 rings (SSSR count). The Labute approximate surface area is 126 Å². The van der Waals surface area contributed by atoms with Crippen LogP contribution in [0.2, 0.25) is 0 Å². The number of rotatable bonds is 4.